The van der Waals surface area contributed by atoms with E-state index in [0.717, 1.165) is 17.7 Å². The van der Waals surface area contributed by atoms with Gasteiger partial charge in [0.25, 0.3) is 5.91 Å². The molecule has 0 spiro atoms. The molecule has 2 rings (SSSR count). The molecule has 2 N–H and O–H groups in total. The Balaban J connectivity index is 2.01. The first-order chi connectivity index (χ1) is 12.3. The molecule has 6 nitrogen and oxygen atoms in total. The van der Waals surface area contributed by atoms with Gasteiger partial charge in [-0.05, 0) is 25.0 Å². The lowest BCUT2D eigenvalue weighted by atomic mass is 9.88. The second kappa shape index (κ2) is 8.93. The number of nitrogens with one attached hydrogen (secondary N) is 1. The van der Waals surface area contributed by atoms with Crippen molar-refractivity contribution >= 4 is 35.1 Å². The van der Waals surface area contributed by atoms with Crippen molar-refractivity contribution in [3.8, 4) is 5.75 Å². The summed E-state index contributed by atoms with van der Waals surface area (Å²) in [5.41, 5.74) is -0.868. The fraction of sp³-hybridized carbons (Fsp3) is 0.556. The van der Waals surface area contributed by atoms with Crippen LogP contribution >= 0.6 is 23.2 Å². The van der Waals surface area contributed by atoms with E-state index >= 15 is 0 Å². The summed E-state index contributed by atoms with van der Waals surface area (Å²) in [6.45, 7) is 3.64. The minimum atomic E-state index is -1.06. The van der Waals surface area contributed by atoms with E-state index in [1.165, 1.54) is 0 Å². The summed E-state index contributed by atoms with van der Waals surface area (Å²) in [5.74, 6) is -0.0283. The van der Waals surface area contributed by atoms with Crippen LogP contribution in [0, 0.1) is 0 Å². The summed E-state index contributed by atoms with van der Waals surface area (Å²) in [4.78, 5) is 26.1. The van der Waals surface area contributed by atoms with Gasteiger partial charge in [-0.1, -0.05) is 56.0 Å². The molecule has 1 heterocycles. The van der Waals surface area contributed by atoms with Gasteiger partial charge in [-0.15, -0.1) is 0 Å². The highest BCUT2D eigenvalue weighted by Crippen LogP contribution is 2.32. The number of para-hydroxylation sites is 1. The van der Waals surface area contributed by atoms with Crippen LogP contribution in [0.2, 0.25) is 10.0 Å². The van der Waals surface area contributed by atoms with Crippen molar-refractivity contribution in [3.63, 3.8) is 0 Å². The number of β-amino-alcohol motifs (C(OH)–C–C–N with tert-alkyl or cyclic N) is 1. The number of aliphatic hydroxyl groups is 1. The zero-order chi connectivity index (χ0) is 19.3. The highest BCUT2D eigenvalue weighted by Gasteiger charge is 2.50. The summed E-state index contributed by atoms with van der Waals surface area (Å²) in [7, 11) is 0. The van der Waals surface area contributed by atoms with Gasteiger partial charge in [-0.2, -0.15) is 0 Å². The van der Waals surface area contributed by atoms with Crippen LogP contribution in [0.3, 0.4) is 0 Å². The van der Waals surface area contributed by atoms with E-state index in [2.05, 4.69) is 5.32 Å². The topological polar surface area (TPSA) is 78.9 Å². The van der Waals surface area contributed by atoms with Crippen molar-refractivity contribution < 1.29 is 19.4 Å². The zero-order valence-electron chi connectivity index (χ0n) is 14.9. The standard InChI is InChI=1S/C18H24Cl2N2O4/c1-3-8-18(9-4-2)16(24)22(17(25)21-18)10-12(23)11-26-15-13(19)6-5-7-14(15)20/h5-7,12,23H,3-4,8-11H2,1-2H3,(H,21,25). The van der Waals surface area contributed by atoms with Gasteiger partial charge in [0.2, 0.25) is 0 Å². The Morgan fingerprint density at radius 1 is 1.19 bits per heavy atom. The summed E-state index contributed by atoms with van der Waals surface area (Å²) >= 11 is 12.0. The minimum Gasteiger partial charge on any atom is -0.488 e. The Bertz CT molecular complexity index is 642. The Morgan fingerprint density at radius 3 is 2.31 bits per heavy atom. The molecule has 1 aliphatic heterocycles. The van der Waals surface area contributed by atoms with E-state index in [9.17, 15) is 14.7 Å². The fourth-order valence-corrected chi connectivity index (χ4v) is 3.73. The number of ether oxygens (including phenoxy) is 1. The summed E-state index contributed by atoms with van der Waals surface area (Å²) in [6, 6.07) is 4.45. The SMILES string of the molecule is CCCC1(CCC)NC(=O)N(CC(O)COc2c(Cl)cccc2Cl)C1=O. The maximum Gasteiger partial charge on any atom is 0.325 e. The van der Waals surface area contributed by atoms with Crippen LogP contribution in [0.5, 0.6) is 5.75 Å². The molecule has 0 radical (unpaired) electrons. The Hall–Kier alpha value is -1.50. The molecular formula is C18H24Cl2N2O4. The molecular weight excluding hydrogens is 379 g/mol. The first-order valence-electron chi connectivity index (χ1n) is 8.73. The van der Waals surface area contributed by atoms with Crippen LogP contribution in [0.25, 0.3) is 0 Å². The smallest absolute Gasteiger partial charge is 0.325 e. The molecule has 0 saturated carbocycles. The fourth-order valence-electron chi connectivity index (χ4n) is 3.22. The number of benzene rings is 1. The maximum atomic E-state index is 12.8. The number of carbonyl (C=O) groups is 2. The molecule has 0 bridgehead atoms. The van der Waals surface area contributed by atoms with Gasteiger partial charge in [-0.25, -0.2) is 4.79 Å². The molecule has 0 aliphatic carbocycles. The van der Waals surface area contributed by atoms with Crippen LogP contribution in [-0.2, 0) is 4.79 Å². The molecule has 1 atom stereocenters. The van der Waals surface area contributed by atoms with Crippen LogP contribution in [0.15, 0.2) is 18.2 Å². The van der Waals surface area contributed by atoms with E-state index < -0.39 is 17.7 Å². The quantitative estimate of drug-likeness (QED) is 0.618. The van der Waals surface area contributed by atoms with Crippen molar-refractivity contribution in [2.45, 2.75) is 51.2 Å². The number of hydrogen-bond acceptors (Lipinski definition) is 4. The number of hydrogen-bond donors (Lipinski definition) is 2. The Labute approximate surface area is 163 Å². The van der Waals surface area contributed by atoms with E-state index in [1.807, 2.05) is 13.8 Å². The first-order valence-corrected chi connectivity index (χ1v) is 9.49. The van der Waals surface area contributed by atoms with Gasteiger partial charge in [0.05, 0.1) is 16.6 Å². The van der Waals surface area contributed by atoms with Crippen LogP contribution < -0.4 is 10.1 Å². The summed E-state index contributed by atoms with van der Waals surface area (Å²) in [5, 5.41) is 13.7. The van der Waals surface area contributed by atoms with Gasteiger partial charge in [-0.3, -0.25) is 9.69 Å². The van der Waals surface area contributed by atoms with Crippen LogP contribution in [0.1, 0.15) is 39.5 Å². The minimum absolute atomic E-state index is 0.144. The van der Waals surface area contributed by atoms with Crippen molar-refractivity contribution in [2.75, 3.05) is 13.2 Å². The molecule has 1 aliphatic rings. The lowest BCUT2D eigenvalue weighted by Crippen LogP contribution is -2.47. The lowest BCUT2D eigenvalue weighted by molar-refractivity contribution is -0.133. The predicted octanol–water partition coefficient (Wildman–Crippen LogP) is 3.62. The molecule has 1 aromatic carbocycles. The van der Waals surface area contributed by atoms with E-state index in [0.29, 0.717) is 22.9 Å². The molecule has 0 aromatic heterocycles. The van der Waals surface area contributed by atoms with Crippen molar-refractivity contribution in [3.05, 3.63) is 28.2 Å². The van der Waals surface area contributed by atoms with Crippen LogP contribution in [0.4, 0.5) is 4.79 Å². The van der Waals surface area contributed by atoms with Gasteiger partial charge in [0, 0.05) is 0 Å². The van der Waals surface area contributed by atoms with Gasteiger partial charge < -0.3 is 15.2 Å². The van der Waals surface area contributed by atoms with Gasteiger partial charge >= 0.3 is 6.03 Å². The van der Waals surface area contributed by atoms with Crippen molar-refractivity contribution in [1.82, 2.24) is 10.2 Å². The number of rotatable bonds is 9. The van der Waals surface area contributed by atoms with Gasteiger partial charge in [0.15, 0.2) is 5.75 Å². The molecule has 3 amide bonds. The number of halogens is 2. The summed E-state index contributed by atoms with van der Waals surface area (Å²) < 4.78 is 5.47. The third-order valence-electron chi connectivity index (χ3n) is 4.33. The van der Waals surface area contributed by atoms with E-state index in [-0.39, 0.29) is 24.8 Å². The molecule has 1 aromatic rings. The van der Waals surface area contributed by atoms with Crippen molar-refractivity contribution in [2.24, 2.45) is 0 Å². The largest absolute Gasteiger partial charge is 0.488 e. The normalized spacial score (nSPS) is 17.3. The Morgan fingerprint density at radius 2 is 1.77 bits per heavy atom. The number of aliphatic hydroxyl groups excluding tert-OH is 1. The lowest BCUT2D eigenvalue weighted by Gasteiger charge is -2.26. The molecule has 8 heteroatoms. The van der Waals surface area contributed by atoms with Gasteiger partial charge in [0.1, 0.15) is 18.2 Å². The monoisotopic (exact) mass is 402 g/mol. The van der Waals surface area contributed by atoms with Crippen LogP contribution in [-0.4, -0.2) is 46.7 Å². The summed E-state index contributed by atoms with van der Waals surface area (Å²) in [6.07, 6.45) is 1.64. The number of urea groups is 1. The number of imide groups is 1. The third kappa shape index (κ3) is 4.42. The average Bonchev–Trinajstić information content (AvgIpc) is 2.79. The average molecular weight is 403 g/mol. The number of carbonyl (C=O) groups excluding carboxylic acids is 2. The number of nitrogens with zero attached hydrogens (tertiary/aromatic N) is 1. The molecule has 144 valence electrons. The first kappa shape index (κ1) is 20.8. The molecule has 26 heavy (non-hydrogen) atoms. The Kier molecular flexibility index (Phi) is 7.15. The predicted molar refractivity (Wildman–Crippen MR) is 101 cm³/mol. The third-order valence-corrected chi connectivity index (χ3v) is 4.93. The molecule has 1 saturated heterocycles. The van der Waals surface area contributed by atoms with Crippen molar-refractivity contribution in [1.29, 1.82) is 0 Å². The van der Waals surface area contributed by atoms with E-state index in [4.69, 9.17) is 27.9 Å². The van der Waals surface area contributed by atoms with E-state index in [1.54, 1.807) is 18.2 Å². The highest BCUT2D eigenvalue weighted by molar-refractivity contribution is 6.37. The second-order valence-electron chi connectivity index (χ2n) is 6.44. The molecule has 1 unspecified atom stereocenters. The highest BCUT2D eigenvalue weighted by atomic mass is 35.5. The zero-order valence-corrected chi connectivity index (χ0v) is 16.4. The number of amides is 3. The molecule has 1 fully saturated rings. The maximum absolute atomic E-state index is 12.8. The second-order valence-corrected chi connectivity index (χ2v) is 7.26.